The highest BCUT2D eigenvalue weighted by molar-refractivity contribution is 5.98. The molecule has 0 aliphatic rings. The molecule has 7 heteroatoms. The molecule has 0 unspecified atom stereocenters. The normalized spacial score (nSPS) is 11.7. The maximum atomic E-state index is 12.9. The molecule has 0 aliphatic heterocycles. The Morgan fingerprint density at radius 3 is 2.47 bits per heavy atom. The highest BCUT2D eigenvalue weighted by atomic mass is 16.2. The van der Waals surface area contributed by atoms with Gasteiger partial charge in [-0.1, -0.05) is 55.5 Å². The molecule has 0 spiro atoms. The fraction of sp³-hybridized carbons (Fsp3) is 0.185. The summed E-state index contributed by atoms with van der Waals surface area (Å²) in [4.78, 5) is 44.6. The molecule has 1 atom stereocenters. The van der Waals surface area contributed by atoms with Crippen LogP contribution in [0, 0.1) is 0 Å². The lowest BCUT2D eigenvalue weighted by atomic mass is 10.0. The van der Waals surface area contributed by atoms with Crippen molar-refractivity contribution in [2.75, 3.05) is 5.32 Å². The van der Waals surface area contributed by atoms with E-state index in [-0.39, 0.29) is 23.6 Å². The smallest absolute Gasteiger partial charge is 0.275 e. The van der Waals surface area contributed by atoms with Crippen molar-refractivity contribution < 1.29 is 9.59 Å². The monoisotopic (exact) mass is 454 g/mol. The van der Waals surface area contributed by atoms with Crippen molar-refractivity contribution in [1.29, 1.82) is 0 Å². The number of carbonyl (C=O) groups is 2. The molecule has 1 aromatic heterocycles. The quantitative estimate of drug-likeness (QED) is 0.387. The van der Waals surface area contributed by atoms with E-state index in [0.29, 0.717) is 27.8 Å². The third kappa shape index (κ3) is 5.20. The Labute approximate surface area is 197 Å². The molecule has 7 nitrogen and oxygen atoms in total. The van der Waals surface area contributed by atoms with Crippen molar-refractivity contribution in [3.05, 3.63) is 94.3 Å². The van der Waals surface area contributed by atoms with Crippen LogP contribution in [0.4, 0.5) is 5.69 Å². The first-order chi connectivity index (χ1) is 16.4. The minimum atomic E-state index is -0.404. The van der Waals surface area contributed by atoms with Crippen LogP contribution in [0.2, 0.25) is 0 Å². The second kappa shape index (κ2) is 10.1. The van der Waals surface area contributed by atoms with E-state index in [4.69, 9.17) is 0 Å². The molecule has 0 aliphatic carbocycles. The van der Waals surface area contributed by atoms with Crippen molar-refractivity contribution in [3.63, 3.8) is 0 Å². The summed E-state index contributed by atoms with van der Waals surface area (Å²) in [5.41, 5.74) is 3.44. The maximum absolute atomic E-state index is 12.9. The van der Waals surface area contributed by atoms with Gasteiger partial charge in [-0.3, -0.25) is 14.4 Å². The molecule has 4 rings (SSSR count). The van der Waals surface area contributed by atoms with Gasteiger partial charge in [-0.25, -0.2) is 4.98 Å². The minimum Gasteiger partial charge on any atom is -0.349 e. The van der Waals surface area contributed by atoms with Gasteiger partial charge >= 0.3 is 0 Å². The van der Waals surface area contributed by atoms with Crippen molar-refractivity contribution >= 4 is 28.5 Å². The molecule has 4 aromatic rings. The van der Waals surface area contributed by atoms with Gasteiger partial charge in [-0.05, 0) is 42.7 Å². The number of rotatable bonds is 7. The molecule has 3 N–H and O–H groups in total. The molecule has 3 aromatic carbocycles. The highest BCUT2D eigenvalue weighted by Crippen LogP contribution is 2.25. The summed E-state index contributed by atoms with van der Waals surface area (Å²) in [7, 11) is 0. The zero-order valence-corrected chi connectivity index (χ0v) is 19.1. The Balaban J connectivity index is 1.60. The zero-order chi connectivity index (χ0) is 24.1. The second-order valence-electron chi connectivity index (χ2n) is 8.14. The number of nitrogens with one attached hydrogen (secondary N) is 3. The van der Waals surface area contributed by atoms with Crippen LogP contribution < -0.4 is 16.2 Å². The van der Waals surface area contributed by atoms with Crippen molar-refractivity contribution in [2.24, 2.45) is 0 Å². The Hall–Kier alpha value is -4.26. The molecule has 172 valence electrons. The van der Waals surface area contributed by atoms with E-state index in [1.54, 1.807) is 42.5 Å². The lowest BCUT2D eigenvalue weighted by Crippen LogP contribution is -2.36. The molecule has 0 radical (unpaired) electrons. The third-order valence-electron chi connectivity index (χ3n) is 5.60. The minimum absolute atomic E-state index is 0.00424. The van der Waals surface area contributed by atoms with Gasteiger partial charge < -0.3 is 15.6 Å². The number of hydrogen-bond donors (Lipinski definition) is 3. The summed E-state index contributed by atoms with van der Waals surface area (Å²) < 4.78 is 0. The van der Waals surface area contributed by atoms with Crippen molar-refractivity contribution in [1.82, 2.24) is 15.3 Å². The maximum Gasteiger partial charge on any atom is 0.275 e. The van der Waals surface area contributed by atoms with Crippen molar-refractivity contribution in [2.45, 2.75) is 32.7 Å². The van der Waals surface area contributed by atoms with E-state index in [1.807, 2.05) is 37.3 Å². The predicted molar refractivity (Wildman–Crippen MR) is 134 cm³/mol. The van der Waals surface area contributed by atoms with Gasteiger partial charge in [-0.15, -0.1) is 0 Å². The first kappa shape index (κ1) is 22.9. The van der Waals surface area contributed by atoms with Gasteiger partial charge in [0.1, 0.15) is 5.69 Å². The molecular formula is C27H26N4O3. The van der Waals surface area contributed by atoms with E-state index in [0.717, 1.165) is 18.4 Å². The average molecular weight is 455 g/mol. The van der Waals surface area contributed by atoms with Gasteiger partial charge in [0, 0.05) is 24.1 Å². The van der Waals surface area contributed by atoms with Crippen molar-refractivity contribution in [3.8, 4) is 11.3 Å². The number of para-hydroxylation sites is 1. The van der Waals surface area contributed by atoms with Crippen LogP contribution in [0.1, 0.15) is 36.2 Å². The van der Waals surface area contributed by atoms with Crippen LogP contribution in [0.3, 0.4) is 0 Å². The molecule has 0 saturated heterocycles. The third-order valence-corrected chi connectivity index (χ3v) is 5.60. The number of H-pyrrole nitrogens is 1. The van der Waals surface area contributed by atoms with Gasteiger partial charge in [0.15, 0.2) is 0 Å². The fourth-order valence-electron chi connectivity index (χ4n) is 3.86. The van der Waals surface area contributed by atoms with Gasteiger partial charge in [0.05, 0.1) is 16.7 Å². The van der Waals surface area contributed by atoms with E-state index in [2.05, 4.69) is 20.6 Å². The SMILES string of the molecule is CC[C@@H](Cc1ccccc1)NC(=O)c1ccc2nc(-c3ccccc3NC(C)=O)c(=O)[nH]c2c1. The number of anilines is 1. The summed E-state index contributed by atoms with van der Waals surface area (Å²) in [5, 5.41) is 5.81. The van der Waals surface area contributed by atoms with Crippen LogP contribution in [-0.2, 0) is 11.2 Å². The van der Waals surface area contributed by atoms with Gasteiger partial charge in [0.25, 0.3) is 11.5 Å². The number of amides is 2. The number of carbonyl (C=O) groups excluding carboxylic acids is 2. The highest BCUT2D eigenvalue weighted by Gasteiger charge is 2.16. The summed E-state index contributed by atoms with van der Waals surface area (Å²) >= 11 is 0. The van der Waals surface area contributed by atoms with E-state index in [9.17, 15) is 14.4 Å². The van der Waals surface area contributed by atoms with E-state index >= 15 is 0 Å². The largest absolute Gasteiger partial charge is 0.349 e. The van der Waals surface area contributed by atoms with Crippen LogP contribution >= 0.6 is 0 Å². The number of hydrogen-bond acceptors (Lipinski definition) is 4. The Morgan fingerprint density at radius 2 is 1.74 bits per heavy atom. The fourth-order valence-corrected chi connectivity index (χ4v) is 3.86. The molecule has 0 saturated carbocycles. The van der Waals surface area contributed by atoms with E-state index < -0.39 is 5.56 Å². The van der Waals surface area contributed by atoms with Crippen LogP contribution in [0.15, 0.2) is 77.6 Å². The Morgan fingerprint density at radius 1 is 1.00 bits per heavy atom. The van der Waals surface area contributed by atoms with Gasteiger partial charge in [0.2, 0.25) is 5.91 Å². The predicted octanol–water partition coefficient (Wildman–Crippen LogP) is 4.30. The zero-order valence-electron chi connectivity index (χ0n) is 19.1. The molecule has 2 amide bonds. The van der Waals surface area contributed by atoms with Crippen LogP contribution in [0.25, 0.3) is 22.3 Å². The molecule has 1 heterocycles. The average Bonchev–Trinajstić information content (AvgIpc) is 2.83. The molecule has 0 bridgehead atoms. The molecular weight excluding hydrogens is 428 g/mol. The van der Waals surface area contributed by atoms with Crippen LogP contribution in [-0.4, -0.2) is 27.8 Å². The number of fused-ring (bicyclic) bond motifs is 1. The summed E-state index contributed by atoms with van der Waals surface area (Å²) in [6.45, 7) is 3.44. The molecule has 34 heavy (non-hydrogen) atoms. The summed E-state index contributed by atoms with van der Waals surface area (Å²) in [5.74, 6) is -0.441. The number of aromatic amines is 1. The topological polar surface area (TPSA) is 104 Å². The van der Waals surface area contributed by atoms with E-state index in [1.165, 1.54) is 6.92 Å². The second-order valence-corrected chi connectivity index (χ2v) is 8.14. The molecule has 0 fully saturated rings. The lowest BCUT2D eigenvalue weighted by molar-refractivity contribution is -0.114. The number of nitrogens with zero attached hydrogens (tertiary/aromatic N) is 1. The number of aromatic nitrogens is 2. The number of benzene rings is 3. The Kier molecular flexibility index (Phi) is 6.82. The van der Waals surface area contributed by atoms with Crippen LogP contribution in [0.5, 0.6) is 0 Å². The summed E-state index contributed by atoms with van der Waals surface area (Å²) in [6.07, 6.45) is 1.54. The van der Waals surface area contributed by atoms with Gasteiger partial charge in [-0.2, -0.15) is 0 Å². The Bertz CT molecular complexity index is 1400. The first-order valence-corrected chi connectivity index (χ1v) is 11.2. The lowest BCUT2D eigenvalue weighted by Gasteiger charge is -2.17. The standard InChI is InChI=1S/C27H26N4O3/c1-3-20(15-18-9-5-4-6-10-18)29-26(33)19-13-14-23-24(16-19)31-27(34)25(30-23)21-11-7-8-12-22(21)28-17(2)32/h4-14,16,20H,3,15H2,1-2H3,(H,28,32)(H,29,33)(H,31,34)/t20-/m0/s1. The summed E-state index contributed by atoms with van der Waals surface area (Å²) in [6, 6.07) is 22.1. The first-order valence-electron chi connectivity index (χ1n) is 11.2.